The van der Waals surface area contributed by atoms with Crippen LogP contribution >= 0.6 is 0 Å². The first-order valence-corrected chi connectivity index (χ1v) is 7.44. The van der Waals surface area contributed by atoms with Crippen molar-refractivity contribution >= 4 is 10.9 Å². The van der Waals surface area contributed by atoms with E-state index in [0.29, 0.717) is 34.1 Å². The van der Waals surface area contributed by atoms with Crippen molar-refractivity contribution in [3.05, 3.63) is 42.3 Å². The Hall–Kier alpha value is -2.78. The SMILES string of the molecule is CC(C)CC(N)c1nc(C#N)c2cc(-c3cnco3)ccc2n1. The van der Waals surface area contributed by atoms with Gasteiger partial charge in [0.05, 0.1) is 17.8 Å². The van der Waals surface area contributed by atoms with Gasteiger partial charge in [0.2, 0.25) is 0 Å². The average Bonchev–Trinajstić information content (AvgIpc) is 3.07. The zero-order valence-corrected chi connectivity index (χ0v) is 13.0. The number of nitrogens with two attached hydrogens (primary N) is 1. The second-order valence-electron chi connectivity index (χ2n) is 5.88. The van der Waals surface area contributed by atoms with Crippen LogP contribution in [-0.2, 0) is 0 Å². The molecule has 116 valence electrons. The molecular weight excluding hydrogens is 290 g/mol. The minimum Gasteiger partial charge on any atom is -0.444 e. The minimum atomic E-state index is -0.277. The first kappa shape index (κ1) is 15.1. The second-order valence-corrected chi connectivity index (χ2v) is 5.88. The first-order chi connectivity index (χ1) is 11.1. The van der Waals surface area contributed by atoms with Gasteiger partial charge < -0.3 is 10.2 Å². The largest absolute Gasteiger partial charge is 0.444 e. The lowest BCUT2D eigenvalue weighted by Gasteiger charge is -2.14. The number of fused-ring (bicyclic) bond motifs is 1. The summed E-state index contributed by atoms with van der Waals surface area (Å²) in [5, 5.41) is 10.1. The Morgan fingerprint density at radius 3 is 2.78 bits per heavy atom. The highest BCUT2D eigenvalue weighted by atomic mass is 16.3. The number of benzene rings is 1. The molecule has 0 amide bonds. The fourth-order valence-electron chi connectivity index (χ4n) is 2.52. The van der Waals surface area contributed by atoms with Crippen LogP contribution in [0.5, 0.6) is 0 Å². The normalized spacial score (nSPS) is 12.5. The van der Waals surface area contributed by atoms with Gasteiger partial charge in [-0.25, -0.2) is 15.0 Å². The second kappa shape index (κ2) is 6.15. The Labute approximate surface area is 134 Å². The van der Waals surface area contributed by atoms with Gasteiger partial charge in [0.25, 0.3) is 0 Å². The Morgan fingerprint density at radius 2 is 2.13 bits per heavy atom. The molecule has 1 atom stereocenters. The number of oxazole rings is 1. The molecule has 2 aromatic heterocycles. The maximum absolute atomic E-state index is 9.43. The standard InChI is InChI=1S/C17H17N5O/c1-10(2)5-13(19)17-21-14-4-3-11(16-8-20-9-23-16)6-12(14)15(7-18)22-17/h3-4,6,8-10,13H,5,19H2,1-2H3. The molecule has 23 heavy (non-hydrogen) atoms. The van der Waals surface area contributed by atoms with Gasteiger partial charge in [-0.05, 0) is 30.5 Å². The highest BCUT2D eigenvalue weighted by molar-refractivity contribution is 5.87. The summed E-state index contributed by atoms with van der Waals surface area (Å²) in [6, 6.07) is 7.43. The predicted molar refractivity (Wildman–Crippen MR) is 86.1 cm³/mol. The summed E-state index contributed by atoms with van der Waals surface area (Å²) in [6.45, 7) is 4.19. The molecule has 6 nitrogen and oxygen atoms in total. The van der Waals surface area contributed by atoms with Crippen molar-refractivity contribution in [1.82, 2.24) is 15.0 Å². The zero-order chi connectivity index (χ0) is 16.4. The number of hydrogen-bond donors (Lipinski definition) is 1. The maximum Gasteiger partial charge on any atom is 0.181 e. The molecule has 3 aromatic rings. The Morgan fingerprint density at radius 1 is 1.30 bits per heavy atom. The van der Waals surface area contributed by atoms with Gasteiger partial charge in [-0.2, -0.15) is 5.26 Å². The van der Waals surface area contributed by atoms with Gasteiger partial charge in [0.15, 0.2) is 17.8 Å². The van der Waals surface area contributed by atoms with Crippen LogP contribution in [0.15, 0.2) is 35.2 Å². The monoisotopic (exact) mass is 307 g/mol. The van der Waals surface area contributed by atoms with E-state index in [9.17, 15) is 5.26 Å². The topological polar surface area (TPSA) is 102 Å². The van der Waals surface area contributed by atoms with Gasteiger partial charge in [-0.15, -0.1) is 0 Å². The van der Waals surface area contributed by atoms with Crippen LogP contribution in [0.3, 0.4) is 0 Å². The predicted octanol–water partition coefficient (Wildman–Crippen LogP) is 3.20. The van der Waals surface area contributed by atoms with Crippen molar-refractivity contribution in [3.8, 4) is 17.4 Å². The zero-order valence-electron chi connectivity index (χ0n) is 13.0. The van der Waals surface area contributed by atoms with Crippen molar-refractivity contribution in [1.29, 1.82) is 5.26 Å². The first-order valence-electron chi connectivity index (χ1n) is 7.44. The van der Waals surface area contributed by atoms with E-state index in [4.69, 9.17) is 10.2 Å². The molecule has 0 aliphatic rings. The Bertz CT molecular complexity index is 865. The molecule has 0 fully saturated rings. The van der Waals surface area contributed by atoms with Crippen LogP contribution in [0.2, 0.25) is 0 Å². The molecule has 0 aliphatic heterocycles. The highest BCUT2D eigenvalue weighted by Gasteiger charge is 2.16. The third kappa shape index (κ3) is 3.05. The number of nitriles is 1. The third-order valence-corrected chi connectivity index (χ3v) is 3.59. The molecular formula is C17H17N5O. The van der Waals surface area contributed by atoms with Gasteiger partial charge in [0.1, 0.15) is 11.9 Å². The minimum absolute atomic E-state index is 0.277. The number of nitrogens with zero attached hydrogens (tertiary/aromatic N) is 4. The summed E-state index contributed by atoms with van der Waals surface area (Å²) >= 11 is 0. The summed E-state index contributed by atoms with van der Waals surface area (Å²) in [6.07, 6.45) is 3.77. The Kier molecular flexibility index (Phi) is 4.04. The van der Waals surface area contributed by atoms with E-state index in [0.717, 1.165) is 12.0 Å². The van der Waals surface area contributed by atoms with Crippen molar-refractivity contribution in [3.63, 3.8) is 0 Å². The molecule has 0 spiro atoms. The summed E-state index contributed by atoms with van der Waals surface area (Å²) in [5.41, 5.74) is 8.02. The van der Waals surface area contributed by atoms with E-state index in [1.54, 1.807) is 6.20 Å². The molecule has 0 saturated heterocycles. The quantitative estimate of drug-likeness (QED) is 0.794. The highest BCUT2D eigenvalue weighted by Crippen LogP contribution is 2.26. The summed E-state index contributed by atoms with van der Waals surface area (Å²) in [7, 11) is 0. The lowest BCUT2D eigenvalue weighted by Crippen LogP contribution is -2.17. The van der Waals surface area contributed by atoms with E-state index < -0.39 is 0 Å². The van der Waals surface area contributed by atoms with E-state index in [1.165, 1.54) is 6.39 Å². The molecule has 2 N–H and O–H groups in total. The van der Waals surface area contributed by atoms with Crippen LogP contribution in [0.25, 0.3) is 22.2 Å². The van der Waals surface area contributed by atoms with Crippen molar-refractivity contribution < 1.29 is 4.42 Å². The van der Waals surface area contributed by atoms with Gasteiger partial charge >= 0.3 is 0 Å². The van der Waals surface area contributed by atoms with Crippen LogP contribution < -0.4 is 5.73 Å². The molecule has 0 bridgehead atoms. The Balaban J connectivity index is 2.10. The molecule has 0 aliphatic carbocycles. The van der Waals surface area contributed by atoms with Crippen molar-refractivity contribution in [2.45, 2.75) is 26.3 Å². The third-order valence-electron chi connectivity index (χ3n) is 3.59. The van der Waals surface area contributed by atoms with E-state index in [2.05, 4.69) is 34.9 Å². The smallest absolute Gasteiger partial charge is 0.181 e. The molecule has 2 heterocycles. The van der Waals surface area contributed by atoms with Crippen LogP contribution in [0.1, 0.15) is 37.8 Å². The molecule has 3 rings (SSSR count). The number of hydrogen-bond acceptors (Lipinski definition) is 6. The summed E-state index contributed by atoms with van der Waals surface area (Å²) in [5.74, 6) is 1.58. The van der Waals surface area contributed by atoms with Gasteiger partial charge in [0, 0.05) is 10.9 Å². The number of aromatic nitrogens is 3. The lowest BCUT2D eigenvalue weighted by atomic mass is 10.0. The fraction of sp³-hybridized carbons (Fsp3) is 0.294. The number of rotatable bonds is 4. The average molecular weight is 307 g/mol. The summed E-state index contributed by atoms with van der Waals surface area (Å²) < 4.78 is 5.29. The molecule has 0 saturated carbocycles. The van der Waals surface area contributed by atoms with Crippen LogP contribution in [0.4, 0.5) is 0 Å². The van der Waals surface area contributed by atoms with E-state index in [1.807, 2.05) is 18.2 Å². The van der Waals surface area contributed by atoms with Crippen molar-refractivity contribution in [2.24, 2.45) is 11.7 Å². The fourth-order valence-corrected chi connectivity index (χ4v) is 2.52. The maximum atomic E-state index is 9.43. The van der Waals surface area contributed by atoms with E-state index in [-0.39, 0.29) is 6.04 Å². The van der Waals surface area contributed by atoms with Gasteiger partial charge in [-0.1, -0.05) is 13.8 Å². The van der Waals surface area contributed by atoms with Crippen molar-refractivity contribution in [2.75, 3.05) is 0 Å². The molecule has 6 heteroatoms. The van der Waals surface area contributed by atoms with Crippen LogP contribution in [0, 0.1) is 17.2 Å². The molecule has 1 unspecified atom stereocenters. The molecule has 0 radical (unpaired) electrons. The van der Waals surface area contributed by atoms with E-state index >= 15 is 0 Å². The van der Waals surface area contributed by atoms with Crippen LogP contribution in [-0.4, -0.2) is 15.0 Å². The lowest BCUT2D eigenvalue weighted by molar-refractivity contribution is 0.494. The van der Waals surface area contributed by atoms with Gasteiger partial charge in [-0.3, -0.25) is 0 Å². The summed E-state index contributed by atoms with van der Waals surface area (Å²) in [4.78, 5) is 12.8. The molecule has 1 aromatic carbocycles.